The third-order valence-electron chi connectivity index (χ3n) is 4.41. The molecule has 0 fully saturated rings. The number of fused-ring (bicyclic) bond motifs is 1. The molecule has 2 aromatic rings. The van der Waals surface area contributed by atoms with Gasteiger partial charge in [0, 0.05) is 17.2 Å². The summed E-state index contributed by atoms with van der Waals surface area (Å²) in [5.74, 6) is 1.61. The minimum absolute atomic E-state index is 0.120. The van der Waals surface area contributed by atoms with E-state index in [-0.39, 0.29) is 11.7 Å². The van der Waals surface area contributed by atoms with Crippen LogP contribution >= 0.6 is 0 Å². The van der Waals surface area contributed by atoms with Crippen LogP contribution in [0.25, 0.3) is 6.08 Å². The third-order valence-corrected chi connectivity index (χ3v) is 4.41. The molecule has 3 rings (SSSR count). The van der Waals surface area contributed by atoms with E-state index in [1.54, 1.807) is 13.4 Å². The molecule has 0 saturated carbocycles. The second-order valence-corrected chi connectivity index (χ2v) is 7.01. The van der Waals surface area contributed by atoms with Crippen LogP contribution in [-0.4, -0.2) is 12.7 Å². The smallest absolute Gasteiger partial charge is 0.131 e. The van der Waals surface area contributed by atoms with Gasteiger partial charge < -0.3 is 14.2 Å². The molecule has 1 atom stereocenters. The average Bonchev–Trinajstić information content (AvgIpc) is 2.64. The maximum atomic E-state index is 6.02. The van der Waals surface area contributed by atoms with E-state index in [9.17, 15) is 0 Å². The summed E-state index contributed by atoms with van der Waals surface area (Å²) < 4.78 is 17.5. The van der Waals surface area contributed by atoms with Crippen LogP contribution < -0.4 is 9.47 Å². The zero-order valence-corrected chi connectivity index (χ0v) is 15.9. The Labute approximate surface area is 155 Å². The summed E-state index contributed by atoms with van der Waals surface area (Å²) in [6.07, 6.45) is 8.69. The lowest BCUT2D eigenvalue weighted by atomic mass is 9.98. The van der Waals surface area contributed by atoms with E-state index >= 15 is 0 Å². The molecule has 0 N–H and O–H groups in total. The van der Waals surface area contributed by atoms with Crippen molar-refractivity contribution in [3.8, 4) is 11.5 Å². The molecule has 3 heteroatoms. The Morgan fingerprint density at radius 1 is 1.15 bits per heavy atom. The highest BCUT2D eigenvalue weighted by molar-refractivity contribution is 5.64. The van der Waals surface area contributed by atoms with Gasteiger partial charge in [-0.25, -0.2) is 0 Å². The van der Waals surface area contributed by atoms with Crippen molar-refractivity contribution in [1.82, 2.24) is 0 Å². The van der Waals surface area contributed by atoms with E-state index in [4.69, 9.17) is 14.2 Å². The van der Waals surface area contributed by atoms with Gasteiger partial charge in [0.2, 0.25) is 0 Å². The van der Waals surface area contributed by atoms with Crippen molar-refractivity contribution < 1.29 is 14.2 Å². The van der Waals surface area contributed by atoms with E-state index < -0.39 is 0 Å². The van der Waals surface area contributed by atoms with Gasteiger partial charge in [-0.3, -0.25) is 0 Å². The van der Waals surface area contributed by atoms with Crippen molar-refractivity contribution in [1.29, 1.82) is 0 Å². The molecule has 0 spiro atoms. The highest BCUT2D eigenvalue weighted by atomic mass is 16.5. The van der Waals surface area contributed by atoms with Crippen molar-refractivity contribution >= 4 is 6.08 Å². The Kier molecular flexibility index (Phi) is 5.36. The summed E-state index contributed by atoms with van der Waals surface area (Å²) in [6.45, 7) is 6.10. The molecule has 0 radical (unpaired) electrons. The van der Waals surface area contributed by atoms with Crippen LogP contribution in [0.1, 0.15) is 43.6 Å². The summed E-state index contributed by atoms with van der Waals surface area (Å²) in [5, 5.41) is 0. The van der Waals surface area contributed by atoms with E-state index in [1.165, 1.54) is 5.56 Å². The zero-order valence-electron chi connectivity index (χ0n) is 15.9. The molecule has 0 bridgehead atoms. The van der Waals surface area contributed by atoms with Crippen LogP contribution in [0.3, 0.4) is 0 Å². The zero-order chi connectivity index (χ0) is 18.6. The first-order valence-electron chi connectivity index (χ1n) is 8.93. The number of allylic oxidation sites excluding steroid dienone is 1. The second-order valence-electron chi connectivity index (χ2n) is 7.01. The van der Waals surface area contributed by atoms with Crippen molar-refractivity contribution in [2.24, 2.45) is 0 Å². The van der Waals surface area contributed by atoms with Gasteiger partial charge in [0.25, 0.3) is 0 Å². The fourth-order valence-electron chi connectivity index (χ4n) is 2.96. The van der Waals surface area contributed by atoms with Gasteiger partial charge in [-0.05, 0) is 51.0 Å². The van der Waals surface area contributed by atoms with Crippen molar-refractivity contribution in [2.45, 2.75) is 38.9 Å². The molecule has 0 amide bonds. The fraction of sp³-hybridized carbons (Fsp3) is 0.304. The topological polar surface area (TPSA) is 27.7 Å². The SMILES string of the molecule is COc1cc2c(cc1C(C)O/C=C/Cc1ccccc1)C=CC(C)(C)O2. The molecule has 136 valence electrons. The Bertz CT molecular complexity index is 804. The van der Waals surface area contributed by atoms with Gasteiger partial charge >= 0.3 is 0 Å². The van der Waals surface area contributed by atoms with Gasteiger partial charge in [-0.1, -0.05) is 36.4 Å². The maximum absolute atomic E-state index is 6.02. The number of hydrogen-bond donors (Lipinski definition) is 0. The predicted octanol–water partition coefficient (Wildman–Crippen LogP) is 5.71. The second kappa shape index (κ2) is 7.69. The summed E-state index contributed by atoms with van der Waals surface area (Å²) in [6, 6.07) is 14.3. The molecule has 3 nitrogen and oxygen atoms in total. The number of rotatable bonds is 6. The van der Waals surface area contributed by atoms with E-state index in [1.807, 2.05) is 51.1 Å². The van der Waals surface area contributed by atoms with E-state index in [0.29, 0.717) is 0 Å². The van der Waals surface area contributed by atoms with Crippen LogP contribution in [0, 0.1) is 0 Å². The van der Waals surface area contributed by atoms with Crippen LogP contribution in [-0.2, 0) is 11.2 Å². The minimum atomic E-state index is -0.304. The largest absolute Gasteiger partial charge is 0.496 e. The maximum Gasteiger partial charge on any atom is 0.131 e. The van der Waals surface area contributed by atoms with E-state index in [2.05, 4.69) is 30.4 Å². The van der Waals surface area contributed by atoms with Gasteiger partial charge in [0.15, 0.2) is 0 Å². The molecule has 26 heavy (non-hydrogen) atoms. The van der Waals surface area contributed by atoms with Crippen molar-refractivity contribution in [3.05, 3.63) is 77.6 Å². The van der Waals surface area contributed by atoms with Crippen molar-refractivity contribution in [2.75, 3.05) is 7.11 Å². The monoisotopic (exact) mass is 350 g/mol. The molecule has 0 aromatic heterocycles. The standard InChI is InChI=1S/C23H26O3/c1-17(25-14-8-11-18-9-6-5-7-10-18)20-15-19-12-13-23(2,3)26-21(19)16-22(20)24-4/h5-10,12-17H,11H2,1-4H3/b14-8+. The summed E-state index contributed by atoms with van der Waals surface area (Å²) in [7, 11) is 1.67. The molecular formula is C23H26O3. The normalized spacial score (nSPS) is 16.0. The lowest BCUT2D eigenvalue weighted by Gasteiger charge is -2.29. The van der Waals surface area contributed by atoms with E-state index in [0.717, 1.165) is 29.0 Å². The summed E-state index contributed by atoms with van der Waals surface area (Å²) >= 11 is 0. The minimum Gasteiger partial charge on any atom is -0.496 e. The Morgan fingerprint density at radius 2 is 1.92 bits per heavy atom. The summed E-state index contributed by atoms with van der Waals surface area (Å²) in [5.41, 5.74) is 3.01. The Balaban J connectivity index is 1.71. The molecule has 1 unspecified atom stereocenters. The first kappa shape index (κ1) is 18.1. The molecule has 1 aliphatic rings. The highest BCUT2D eigenvalue weighted by Crippen LogP contribution is 2.39. The van der Waals surface area contributed by atoms with Gasteiger partial charge in [-0.2, -0.15) is 0 Å². The predicted molar refractivity (Wildman–Crippen MR) is 106 cm³/mol. The number of ether oxygens (including phenoxy) is 3. The Hall–Kier alpha value is -2.68. The lowest BCUT2D eigenvalue weighted by Crippen LogP contribution is -2.27. The van der Waals surface area contributed by atoms with Gasteiger partial charge in [-0.15, -0.1) is 0 Å². The number of methoxy groups -OCH3 is 1. The van der Waals surface area contributed by atoms with Gasteiger partial charge in [0.1, 0.15) is 23.2 Å². The molecule has 2 aromatic carbocycles. The van der Waals surface area contributed by atoms with Crippen LogP contribution in [0.4, 0.5) is 0 Å². The highest BCUT2D eigenvalue weighted by Gasteiger charge is 2.24. The summed E-state index contributed by atoms with van der Waals surface area (Å²) in [4.78, 5) is 0. The number of benzene rings is 2. The lowest BCUT2D eigenvalue weighted by molar-refractivity contribution is 0.153. The fourth-order valence-corrected chi connectivity index (χ4v) is 2.96. The average molecular weight is 350 g/mol. The first-order chi connectivity index (χ1) is 12.5. The van der Waals surface area contributed by atoms with Crippen LogP contribution in [0.5, 0.6) is 11.5 Å². The first-order valence-corrected chi connectivity index (χ1v) is 8.93. The van der Waals surface area contributed by atoms with Crippen molar-refractivity contribution in [3.63, 3.8) is 0 Å². The molecule has 1 heterocycles. The third kappa shape index (κ3) is 4.29. The van der Waals surface area contributed by atoms with Crippen LogP contribution in [0.2, 0.25) is 0 Å². The quantitative estimate of drug-likeness (QED) is 0.624. The molecule has 0 saturated heterocycles. The Morgan fingerprint density at radius 3 is 2.65 bits per heavy atom. The van der Waals surface area contributed by atoms with Gasteiger partial charge in [0.05, 0.1) is 13.4 Å². The molecule has 1 aliphatic heterocycles. The number of hydrogen-bond acceptors (Lipinski definition) is 3. The van der Waals surface area contributed by atoms with Crippen LogP contribution in [0.15, 0.2) is 60.9 Å². The molecule has 0 aliphatic carbocycles. The molecular weight excluding hydrogens is 324 g/mol.